The summed E-state index contributed by atoms with van der Waals surface area (Å²) in [6, 6.07) is 22.4. The van der Waals surface area contributed by atoms with E-state index in [-0.39, 0.29) is 5.54 Å². The molecule has 5 heteroatoms. The van der Waals surface area contributed by atoms with E-state index in [4.69, 9.17) is 9.47 Å². The molecule has 0 bridgehead atoms. The highest BCUT2D eigenvalue weighted by atomic mass is 79.9. The largest absolute Gasteiger partial charge is 0.496 e. The van der Waals surface area contributed by atoms with Gasteiger partial charge in [-0.1, -0.05) is 51.8 Å². The lowest BCUT2D eigenvalue weighted by atomic mass is 9.86. The van der Waals surface area contributed by atoms with Gasteiger partial charge >= 0.3 is 0 Å². The van der Waals surface area contributed by atoms with Crippen LogP contribution in [0.5, 0.6) is 11.5 Å². The molecule has 1 atom stereocenters. The van der Waals surface area contributed by atoms with Gasteiger partial charge in [-0.25, -0.2) is 0 Å². The second kappa shape index (κ2) is 9.10. The van der Waals surface area contributed by atoms with Gasteiger partial charge in [0.25, 0.3) is 0 Å². The monoisotopic (exact) mass is 488 g/mol. The number of nitriles is 1. The average Bonchev–Trinajstić information content (AvgIpc) is 3.21. The number of ether oxygens (including phenoxy) is 2. The quantitative estimate of drug-likeness (QED) is 0.432. The van der Waals surface area contributed by atoms with E-state index in [9.17, 15) is 5.26 Å². The van der Waals surface area contributed by atoms with Crippen LogP contribution in [0.15, 0.2) is 71.3 Å². The molecule has 1 unspecified atom stereocenters. The highest BCUT2D eigenvalue weighted by Gasteiger charge is 2.32. The van der Waals surface area contributed by atoms with Gasteiger partial charge in [-0.15, -0.1) is 0 Å². The summed E-state index contributed by atoms with van der Waals surface area (Å²) in [5, 5.41) is 12.9. The lowest BCUT2D eigenvalue weighted by Crippen LogP contribution is -2.31. The summed E-state index contributed by atoms with van der Waals surface area (Å²) in [6.07, 6.45) is 2.94. The molecule has 1 heterocycles. The Morgan fingerprint density at radius 1 is 1.09 bits per heavy atom. The van der Waals surface area contributed by atoms with Crippen molar-refractivity contribution in [2.24, 2.45) is 0 Å². The molecule has 0 aromatic heterocycles. The van der Waals surface area contributed by atoms with Gasteiger partial charge in [0.1, 0.15) is 18.1 Å². The third kappa shape index (κ3) is 4.51. The first-order valence-electron chi connectivity index (χ1n) is 10.5. The maximum Gasteiger partial charge on any atom is 0.130 e. The number of halogens is 1. The minimum absolute atomic E-state index is 0.154. The Morgan fingerprint density at radius 2 is 1.88 bits per heavy atom. The molecule has 4 nitrogen and oxygen atoms in total. The van der Waals surface area contributed by atoms with Crippen molar-refractivity contribution in [3.05, 3.63) is 99.2 Å². The van der Waals surface area contributed by atoms with Crippen molar-refractivity contribution < 1.29 is 9.47 Å². The smallest absolute Gasteiger partial charge is 0.130 e. The maximum absolute atomic E-state index is 9.36. The van der Waals surface area contributed by atoms with Crippen LogP contribution in [-0.2, 0) is 12.1 Å². The van der Waals surface area contributed by atoms with Crippen LogP contribution in [0.4, 0.5) is 0 Å². The van der Waals surface area contributed by atoms with Gasteiger partial charge in [-0.3, -0.25) is 0 Å². The summed E-state index contributed by atoms with van der Waals surface area (Å²) in [6.45, 7) is 4.63. The predicted molar refractivity (Wildman–Crippen MR) is 130 cm³/mol. The van der Waals surface area contributed by atoms with Crippen LogP contribution in [0.25, 0.3) is 5.57 Å². The van der Waals surface area contributed by atoms with Gasteiger partial charge in [0.2, 0.25) is 0 Å². The zero-order valence-corrected chi connectivity index (χ0v) is 20.0. The van der Waals surface area contributed by atoms with Crippen molar-refractivity contribution in [1.29, 1.82) is 5.26 Å². The van der Waals surface area contributed by atoms with Crippen molar-refractivity contribution in [1.82, 2.24) is 5.32 Å². The summed E-state index contributed by atoms with van der Waals surface area (Å²) in [4.78, 5) is 0. The van der Waals surface area contributed by atoms with Gasteiger partial charge in [-0.2, -0.15) is 5.26 Å². The van der Waals surface area contributed by atoms with Crippen LogP contribution in [0.2, 0.25) is 0 Å². The zero-order valence-electron chi connectivity index (χ0n) is 18.4. The SMILES string of the molecule is COc1cc(OCc2ccc(Br)cc2C#N)ccc1C1=CNC(C)(c2ccc(C)cc2)C1. The Hall–Kier alpha value is -3.23. The van der Waals surface area contributed by atoms with E-state index in [0.29, 0.717) is 17.9 Å². The molecule has 0 saturated carbocycles. The zero-order chi connectivity index (χ0) is 22.7. The number of methoxy groups -OCH3 is 1. The molecule has 0 fully saturated rings. The van der Waals surface area contributed by atoms with Crippen LogP contribution in [-0.4, -0.2) is 7.11 Å². The topological polar surface area (TPSA) is 54.3 Å². The van der Waals surface area contributed by atoms with Gasteiger partial charge in [-0.05, 0) is 49.2 Å². The molecular weight excluding hydrogens is 464 g/mol. The normalized spacial score (nSPS) is 17.3. The molecule has 0 aliphatic carbocycles. The third-order valence-corrected chi connectivity index (χ3v) is 6.40. The van der Waals surface area contributed by atoms with Crippen molar-refractivity contribution in [3.63, 3.8) is 0 Å². The Balaban J connectivity index is 1.51. The van der Waals surface area contributed by atoms with E-state index in [1.807, 2.05) is 30.3 Å². The van der Waals surface area contributed by atoms with Gasteiger partial charge in [0, 0.05) is 34.3 Å². The second-order valence-electron chi connectivity index (χ2n) is 8.25. The number of hydrogen-bond acceptors (Lipinski definition) is 4. The van der Waals surface area contributed by atoms with Crippen LogP contribution < -0.4 is 14.8 Å². The number of nitrogens with one attached hydrogen (secondary N) is 1. The Morgan fingerprint density at radius 3 is 2.59 bits per heavy atom. The van der Waals surface area contributed by atoms with Gasteiger partial charge in [0.05, 0.1) is 24.3 Å². The Kier molecular flexibility index (Phi) is 6.25. The number of hydrogen-bond donors (Lipinski definition) is 1. The summed E-state index contributed by atoms with van der Waals surface area (Å²) >= 11 is 3.40. The average molecular weight is 489 g/mol. The van der Waals surface area contributed by atoms with Crippen molar-refractivity contribution in [2.45, 2.75) is 32.4 Å². The fraction of sp³-hybridized carbons (Fsp3) is 0.222. The van der Waals surface area contributed by atoms with E-state index in [1.54, 1.807) is 13.2 Å². The molecule has 32 heavy (non-hydrogen) atoms. The van der Waals surface area contributed by atoms with Gasteiger partial charge in [0.15, 0.2) is 0 Å². The summed E-state index contributed by atoms with van der Waals surface area (Å²) in [5.74, 6) is 1.46. The van der Waals surface area contributed by atoms with E-state index in [0.717, 1.165) is 27.8 Å². The Labute approximate surface area is 197 Å². The molecule has 1 N–H and O–H groups in total. The van der Waals surface area contributed by atoms with Crippen LogP contribution >= 0.6 is 15.9 Å². The van der Waals surface area contributed by atoms with E-state index in [2.05, 4.69) is 71.6 Å². The molecule has 3 aromatic rings. The molecule has 0 radical (unpaired) electrons. The minimum atomic E-state index is -0.154. The van der Waals surface area contributed by atoms with Crippen molar-refractivity contribution >= 4 is 21.5 Å². The van der Waals surface area contributed by atoms with Crippen molar-refractivity contribution in [2.75, 3.05) is 7.11 Å². The summed E-state index contributed by atoms with van der Waals surface area (Å²) in [7, 11) is 1.67. The molecule has 0 spiro atoms. The first-order chi connectivity index (χ1) is 15.4. The highest BCUT2D eigenvalue weighted by Crippen LogP contribution is 2.41. The fourth-order valence-electron chi connectivity index (χ4n) is 3.98. The van der Waals surface area contributed by atoms with Crippen molar-refractivity contribution in [3.8, 4) is 17.6 Å². The molecule has 1 aliphatic heterocycles. The minimum Gasteiger partial charge on any atom is -0.496 e. The first kappa shape index (κ1) is 22.0. The number of benzene rings is 3. The number of aryl methyl sites for hydroxylation is 1. The summed E-state index contributed by atoms with van der Waals surface area (Å²) in [5.41, 5.74) is 6.04. The molecule has 1 aliphatic rings. The second-order valence-corrected chi connectivity index (χ2v) is 9.17. The third-order valence-electron chi connectivity index (χ3n) is 5.90. The molecule has 4 rings (SSSR count). The molecule has 0 amide bonds. The molecular formula is C27H25BrN2O2. The molecule has 162 valence electrons. The predicted octanol–water partition coefficient (Wildman–Crippen LogP) is 6.47. The lowest BCUT2D eigenvalue weighted by molar-refractivity contribution is 0.303. The summed E-state index contributed by atoms with van der Waals surface area (Å²) < 4.78 is 12.5. The standard InChI is InChI=1S/C27H25BrN2O2/c1-18-4-7-22(8-5-18)27(2)14-21(16-30-27)25-11-10-24(13-26(25)31-3)32-17-19-6-9-23(28)12-20(19)15-29/h4-13,16,30H,14,17H2,1-3H3. The number of nitrogens with zero attached hydrogens (tertiary/aromatic N) is 1. The van der Waals surface area contributed by atoms with Crippen LogP contribution in [0.1, 0.15) is 41.2 Å². The van der Waals surface area contributed by atoms with Crippen LogP contribution in [0.3, 0.4) is 0 Å². The number of rotatable bonds is 6. The van der Waals surface area contributed by atoms with E-state index >= 15 is 0 Å². The Bertz CT molecular complexity index is 1210. The molecule has 0 saturated heterocycles. The lowest BCUT2D eigenvalue weighted by Gasteiger charge is -2.26. The first-order valence-corrected chi connectivity index (χ1v) is 11.2. The van der Waals surface area contributed by atoms with E-state index < -0.39 is 0 Å². The fourth-order valence-corrected chi connectivity index (χ4v) is 4.34. The maximum atomic E-state index is 9.36. The highest BCUT2D eigenvalue weighted by molar-refractivity contribution is 9.10. The molecule has 3 aromatic carbocycles. The van der Waals surface area contributed by atoms with E-state index in [1.165, 1.54) is 16.7 Å². The van der Waals surface area contributed by atoms with Gasteiger partial charge < -0.3 is 14.8 Å². The van der Waals surface area contributed by atoms with Crippen LogP contribution in [0, 0.1) is 18.3 Å².